The molecule has 1 heterocycles. The molecule has 3 rings (SSSR count). The van der Waals surface area contributed by atoms with E-state index in [1.807, 2.05) is 6.92 Å². The lowest BCUT2D eigenvalue weighted by Crippen LogP contribution is -2.22. The lowest BCUT2D eigenvalue weighted by Gasteiger charge is -2.13. The van der Waals surface area contributed by atoms with Crippen molar-refractivity contribution in [2.45, 2.75) is 25.3 Å². The minimum absolute atomic E-state index is 0.0738. The molecule has 3 aromatic rings. The smallest absolute Gasteiger partial charge is 0.338 e. The maximum absolute atomic E-state index is 14.4. The number of carbonyl (C=O) groups excluding carboxylic acids is 1. The van der Waals surface area contributed by atoms with Crippen molar-refractivity contribution in [3.05, 3.63) is 65.6 Å². The molecule has 1 radical (unpaired) electrons. The van der Waals surface area contributed by atoms with Gasteiger partial charge in [0.15, 0.2) is 0 Å². The molecule has 0 saturated heterocycles. The molecule has 0 aliphatic carbocycles. The first kappa shape index (κ1) is 24.6. The van der Waals surface area contributed by atoms with E-state index in [0.29, 0.717) is 33.3 Å². The molecule has 0 aliphatic heterocycles. The van der Waals surface area contributed by atoms with Crippen LogP contribution in [0.4, 0.5) is 4.39 Å². The topological polar surface area (TPSA) is 92.4 Å². The highest BCUT2D eigenvalue weighted by atomic mass is 32.2. The van der Waals surface area contributed by atoms with Crippen molar-refractivity contribution in [1.82, 2.24) is 14.6 Å². The van der Waals surface area contributed by atoms with E-state index in [0.717, 1.165) is 4.31 Å². The normalized spacial score (nSPS) is 12.5. The van der Waals surface area contributed by atoms with Crippen LogP contribution in [0, 0.1) is 6.92 Å². The van der Waals surface area contributed by atoms with Crippen LogP contribution < -0.4 is 5.73 Å². The number of carbonyl (C=O) groups is 1. The molecule has 0 fully saturated rings. The zero-order valence-corrected chi connectivity index (χ0v) is 19.9. The Morgan fingerprint density at radius 2 is 1.94 bits per heavy atom. The van der Waals surface area contributed by atoms with Gasteiger partial charge < -0.3 is 9.30 Å². The SMILES string of the molecule is CCOC(=O)c1ccc2c(c1)c(-c1cccc(S(=O)(=O)N(C)C)c1)c(C)n2C/C(F)=C/C[NH]. The molecule has 9 heteroatoms. The van der Waals surface area contributed by atoms with Crippen molar-refractivity contribution in [1.29, 1.82) is 0 Å². The van der Waals surface area contributed by atoms with Gasteiger partial charge in [0.1, 0.15) is 5.83 Å². The number of nitrogens with zero attached hydrogens (tertiary/aromatic N) is 2. The first-order valence-electron chi connectivity index (χ1n) is 10.4. The summed E-state index contributed by atoms with van der Waals surface area (Å²) < 4.78 is 47.8. The van der Waals surface area contributed by atoms with E-state index in [-0.39, 0.29) is 24.6 Å². The summed E-state index contributed by atoms with van der Waals surface area (Å²) in [5.41, 5.74) is 10.3. The minimum Gasteiger partial charge on any atom is -0.462 e. The van der Waals surface area contributed by atoms with E-state index in [1.54, 1.807) is 47.9 Å². The van der Waals surface area contributed by atoms with Gasteiger partial charge in [-0.1, -0.05) is 12.1 Å². The largest absolute Gasteiger partial charge is 0.462 e. The van der Waals surface area contributed by atoms with Crippen molar-refractivity contribution in [2.24, 2.45) is 0 Å². The fourth-order valence-electron chi connectivity index (χ4n) is 3.74. The second kappa shape index (κ2) is 9.86. The maximum Gasteiger partial charge on any atom is 0.338 e. The highest BCUT2D eigenvalue weighted by molar-refractivity contribution is 7.89. The highest BCUT2D eigenvalue weighted by Crippen LogP contribution is 2.37. The molecule has 0 aliphatic rings. The van der Waals surface area contributed by atoms with Crippen molar-refractivity contribution < 1.29 is 22.3 Å². The van der Waals surface area contributed by atoms with Crippen LogP contribution in [-0.4, -0.2) is 50.5 Å². The Labute approximate surface area is 193 Å². The number of benzene rings is 2. The first-order valence-corrected chi connectivity index (χ1v) is 11.9. The number of hydrogen-bond donors (Lipinski definition) is 0. The third-order valence-electron chi connectivity index (χ3n) is 5.37. The van der Waals surface area contributed by atoms with E-state index in [4.69, 9.17) is 10.5 Å². The number of halogens is 1. The van der Waals surface area contributed by atoms with Gasteiger partial charge in [0.2, 0.25) is 10.0 Å². The van der Waals surface area contributed by atoms with Crippen molar-refractivity contribution in [3.8, 4) is 11.1 Å². The molecule has 175 valence electrons. The Morgan fingerprint density at radius 1 is 1.21 bits per heavy atom. The molecule has 1 N–H and O–H groups in total. The number of ether oxygens (including phenoxy) is 1. The standard InChI is InChI=1S/C24H27FN3O4S/c1-5-32-24(29)18-9-10-22-21(14-18)23(16(2)28(22)15-19(25)11-12-26)17-7-6-8-20(13-17)33(30,31)27(3)4/h6-11,13-14,26H,5,12,15H2,1-4H3/b19-11-. The summed E-state index contributed by atoms with van der Waals surface area (Å²) in [7, 11) is -0.731. The molecule has 7 nitrogen and oxygen atoms in total. The Kier molecular flexibility index (Phi) is 7.36. The van der Waals surface area contributed by atoms with Crippen molar-refractivity contribution >= 4 is 26.9 Å². The fourth-order valence-corrected chi connectivity index (χ4v) is 4.69. The Hall–Kier alpha value is -3.01. The van der Waals surface area contributed by atoms with Gasteiger partial charge in [-0.2, -0.15) is 0 Å². The lowest BCUT2D eigenvalue weighted by atomic mass is 10.0. The summed E-state index contributed by atoms with van der Waals surface area (Å²) in [5, 5.41) is 0.677. The maximum atomic E-state index is 14.4. The Balaban J connectivity index is 2.30. The molecule has 0 amide bonds. The Morgan fingerprint density at radius 3 is 2.58 bits per heavy atom. The Bertz CT molecular complexity index is 1330. The van der Waals surface area contributed by atoms with Crippen LogP contribution in [0.1, 0.15) is 23.0 Å². The second-order valence-corrected chi connectivity index (χ2v) is 9.82. The van der Waals surface area contributed by atoms with Gasteiger partial charge in [-0.3, -0.25) is 5.73 Å². The van der Waals surface area contributed by atoms with E-state index in [1.165, 1.54) is 26.2 Å². The minimum atomic E-state index is -3.66. The van der Waals surface area contributed by atoms with E-state index in [2.05, 4.69) is 0 Å². The van der Waals surface area contributed by atoms with E-state index in [9.17, 15) is 17.6 Å². The summed E-state index contributed by atoms with van der Waals surface area (Å²) in [4.78, 5) is 12.5. The van der Waals surface area contributed by atoms with Gasteiger partial charge >= 0.3 is 5.97 Å². The van der Waals surface area contributed by atoms with Crippen molar-refractivity contribution in [3.63, 3.8) is 0 Å². The van der Waals surface area contributed by atoms with Gasteiger partial charge in [-0.05, 0) is 55.8 Å². The van der Waals surface area contributed by atoms with Crippen LogP contribution in [0.25, 0.3) is 22.0 Å². The first-order chi connectivity index (χ1) is 15.6. The van der Waals surface area contributed by atoms with Crippen LogP contribution in [0.2, 0.25) is 0 Å². The summed E-state index contributed by atoms with van der Waals surface area (Å²) >= 11 is 0. The van der Waals surface area contributed by atoms with Gasteiger partial charge in [0.25, 0.3) is 0 Å². The predicted molar refractivity (Wildman–Crippen MR) is 126 cm³/mol. The second-order valence-electron chi connectivity index (χ2n) is 7.67. The molecule has 0 unspecified atom stereocenters. The van der Waals surface area contributed by atoms with Crippen LogP contribution in [0.5, 0.6) is 0 Å². The highest BCUT2D eigenvalue weighted by Gasteiger charge is 2.22. The number of aromatic nitrogens is 1. The van der Waals surface area contributed by atoms with Crippen LogP contribution in [0.15, 0.2) is 59.3 Å². The molecule has 0 saturated carbocycles. The molecule has 0 spiro atoms. The summed E-state index contributed by atoms with van der Waals surface area (Å²) in [6.45, 7) is 3.53. The van der Waals surface area contributed by atoms with E-state index >= 15 is 0 Å². The number of fused-ring (bicyclic) bond motifs is 1. The zero-order chi connectivity index (χ0) is 24.3. The number of rotatable bonds is 8. The lowest BCUT2D eigenvalue weighted by molar-refractivity contribution is 0.0526. The fraction of sp³-hybridized carbons (Fsp3) is 0.292. The van der Waals surface area contributed by atoms with Gasteiger partial charge in [0.05, 0.1) is 23.6 Å². The third-order valence-corrected chi connectivity index (χ3v) is 7.18. The van der Waals surface area contributed by atoms with E-state index < -0.39 is 21.8 Å². The molecular formula is C24H27FN3O4S. The van der Waals surface area contributed by atoms with Gasteiger partial charge in [-0.15, -0.1) is 0 Å². The van der Waals surface area contributed by atoms with Gasteiger partial charge in [0, 0.05) is 42.8 Å². The third kappa shape index (κ3) is 4.85. The average Bonchev–Trinajstić information content (AvgIpc) is 3.04. The molecule has 0 bridgehead atoms. The average molecular weight is 473 g/mol. The quantitative estimate of drug-likeness (QED) is 0.460. The number of allylic oxidation sites excluding steroid dienone is 1. The number of esters is 1. The monoisotopic (exact) mass is 472 g/mol. The summed E-state index contributed by atoms with van der Waals surface area (Å²) in [6.07, 6.45) is 1.20. The van der Waals surface area contributed by atoms with Crippen LogP contribution in [-0.2, 0) is 21.3 Å². The van der Waals surface area contributed by atoms with Crippen molar-refractivity contribution in [2.75, 3.05) is 27.2 Å². The number of hydrogen-bond acceptors (Lipinski definition) is 4. The zero-order valence-electron chi connectivity index (χ0n) is 19.1. The molecule has 33 heavy (non-hydrogen) atoms. The summed E-state index contributed by atoms with van der Waals surface area (Å²) in [5.74, 6) is -0.921. The van der Waals surface area contributed by atoms with Gasteiger partial charge in [-0.25, -0.2) is 21.9 Å². The summed E-state index contributed by atoms with van der Waals surface area (Å²) in [6, 6.07) is 11.6. The number of sulfonamides is 1. The molecule has 0 atom stereocenters. The van der Waals surface area contributed by atoms with Crippen LogP contribution >= 0.6 is 0 Å². The predicted octanol–water partition coefficient (Wildman–Crippen LogP) is 4.18. The molecule has 2 aromatic carbocycles. The molecule has 1 aromatic heterocycles. The number of nitrogens with one attached hydrogen (secondary N) is 1. The molecular weight excluding hydrogens is 445 g/mol. The van der Waals surface area contributed by atoms with Crippen LogP contribution in [0.3, 0.4) is 0 Å².